The summed E-state index contributed by atoms with van der Waals surface area (Å²) in [4.78, 5) is 9.51. The third kappa shape index (κ3) is 12.1. The molecule has 0 rings (SSSR count). The van der Waals surface area contributed by atoms with Gasteiger partial charge in [0.1, 0.15) is 0 Å². The van der Waals surface area contributed by atoms with Crippen LogP contribution in [0.2, 0.25) is 0 Å². The zero-order chi connectivity index (χ0) is 6.24. The molecular weight excluding hydrogens is 150 g/mol. The fraction of sp³-hybridized carbons (Fsp3) is 0.800. The maximum absolute atomic E-state index is 9.51. The average molecular weight is 161 g/mol. The van der Waals surface area contributed by atoms with Crippen LogP contribution in [-0.2, 0) is 9.53 Å². The van der Waals surface area contributed by atoms with Gasteiger partial charge in [-0.2, -0.15) is 0 Å². The molecule has 0 aromatic heterocycles. The van der Waals surface area contributed by atoms with E-state index in [0.29, 0.717) is 19.0 Å². The van der Waals surface area contributed by atoms with Gasteiger partial charge >= 0.3 is 29.6 Å². The number of unbranched alkanes of at least 4 members (excludes halogenated alkanes) is 1. The van der Waals surface area contributed by atoms with Gasteiger partial charge in [-0.3, -0.25) is 4.79 Å². The van der Waals surface area contributed by atoms with E-state index < -0.39 is 0 Å². The molecule has 0 aliphatic rings. The van der Waals surface area contributed by atoms with Gasteiger partial charge in [-0.05, 0) is 12.8 Å². The van der Waals surface area contributed by atoms with Gasteiger partial charge in [-0.25, -0.2) is 0 Å². The van der Waals surface area contributed by atoms with Crippen molar-refractivity contribution in [2.24, 2.45) is 0 Å². The Kier molecular flexibility index (Phi) is 16.0. The molecule has 50 valence electrons. The van der Waals surface area contributed by atoms with Crippen molar-refractivity contribution in [3.05, 3.63) is 0 Å². The minimum absolute atomic E-state index is 0. The quantitative estimate of drug-likeness (QED) is 0.207. The standard InChI is InChI=1S/C5H9ClO2.Na.H/c6-3-1-2-4-8-5-7;;/h5H,1-4H2;;/q;+1;-1. The second kappa shape index (κ2) is 11.5. The summed E-state index contributed by atoms with van der Waals surface area (Å²) >= 11 is 5.34. The number of carbonyl (C=O) groups excluding carboxylic acids is 1. The molecule has 0 amide bonds. The van der Waals surface area contributed by atoms with E-state index in [2.05, 4.69) is 4.74 Å². The minimum Gasteiger partial charge on any atom is -1.00 e. The van der Waals surface area contributed by atoms with Gasteiger partial charge in [0.15, 0.2) is 0 Å². The Morgan fingerprint density at radius 1 is 1.56 bits per heavy atom. The minimum atomic E-state index is 0. The molecule has 0 bridgehead atoms. The predicted octanol–water partition coefficient (Wildman–Crippen LogP) is -1.71. The van der Waals surface area contributed by atoms with Crippen LogP contribution in [0.25, 0.3) is 0 Å². The molecule has 0 saturated carbocycles. The van der Waals surface area contributed by atoms with E-state index in [4.69, 9.17) is 11.6 Å². The normalized spacial score (nSPS) is 7.67. The van der Waals surface area contributed by atoms with E-state index in [9.17, 15) is 4.79 Å². The number of carbonyl (C=O) groups is 1. The monoisotopic (exact) mass is 160 g/mol. The fourth-order valence-electron chi connectivity index (χ4n) is 0.328. The third-order valence-electron chi connectivity index (χ3n) is 0.714. The molecule has 9 heavy (non-hydrogen) atoms. The van der Waals surface area contributed by atoms with E-state index >= 15 is 0 Å². The van der Waals surface area contributed by atoms with Crippen molar-refractivity contribution in [3.8, 4) is 0 Å². The van der Waals surface area contributed by atoms with Crippen LogP contribution in [0.5, 0.6) is 0 Å². The molecule has 0 spiro atoms. The van der Waals surface area contributed by atoms with Crippen molar-refractivity contribution in [2.45, 2.75) is 12.8 Å². The van der Waals surface area contributed by atoms with Gasteiger partial charge in [-0.15, -0.1) is 11.6 Å². The van der Waals surface area contributed by atoms with Crippen molar-refractivity contribution < 1.29 is 40.5 Å². The van der Waals surface area contributed by atoms with Crippen LogP contribution < -0.4 is 29.6 Å². The summed E-state index contributed by atoms with van der Waals surface area (Å²) in [7, 11) is 0. The predicted molar refractivity (Wildman–Crippen MR) is 33.1 cm³/mol. The molecule has 0 atom stereocenters. The number of hydrogen-bond donors (Lipinski definition) is 0. The number of rotatable bonds is 5. The number of alkyl halides is 1. The summed E-state index contributed by atoms with van der Waals surface area (Å²) in [5.41, 5.74) is 0. The molecule has 0 aromatic carbocycles. The van der Waals surface area contributed by atoms with E-state index in [-0.39, 0.29) is 31.0 Å². The smallest absolute Gasteiger partial charge is 1.00 e. The maximum Gasteiger partial charge on any atom is 1.00 e. The molecule has 2 nitrogen and oxygen atoms in total. The van der Waals surface area contributed by atoms with Crippen molar-refractivity contribution >= 4 is 18.1 Å². The molecule has 0 N–H and O–H groups in total. The van der Waals surface area contributed by atoms with Crippen LogP contribution in [0.3, 0.4) is 0 Å². The SMILES string of the molecule is O=COCCCCCl.[H-].[Na+]. The van der Waals surface area contributed by atoms with Gasteiger partial charge in [-0.1, -0.05) is 0 Å². The van der Waals surface area contributed by atoms with Gasteiger partial charge in [0.25, 0.3) is 6.47 Å². The van der Waals surface area contributed by atoms with Crippen LogP contribution in [0.1, 0.15) is 14.3 Å². The Labute approximate surface area is 83.7 Å². The summed E-state index contributed by atoms with van der Waals surface area (Å²) in [6.45, 7) is 0.949. The largest absolute Gasteiger partial charge is 1.00 e. The fourth-order valence-corrected chi connectivity index (χ4v) is 0.517. The van der Waals surface area contributed by atoms with E-state index in [1.54, 1.807) is 0 Å². The molecule has 0 saturated heterocycles. The summed E-state index contributed by atoms with van der Waals surface area (Å²) in [5.74, 6) is 0.641. The number of halogens is 1. The number of hydrogen-bond acceptors (Lipinski definition) is 2. The van der Waals surface area contributed by atoms with Crippen molar-refractivity contribution in [1.82, 2.24) is 0 Å². The average Bonchev–Trinajstić information content (AvgIpc) is 1.81. The van der Waals surface area contributed by atoms with Crippen LogP contribution in [-0.4, -0.2) is 19.0 Å². The molecule has 0 aliphatic carbocycles. The second-order valence-electron chi connectivity index (χ2n) is 1.36. The molecule has 0 heterocycles. The Bertz CT molecular complexity index is 65.6. The number of ether oxygens (including phenoxy) is 1. The first kappa shape index (κ1) is 12.4. The van der Waals surface area contributed by atoms with E-state index in [0.717, 1.165) is 12.8 Å². The van der Waals surface area contributed by atoms with Crippen molar-refractivity contribution in [1.29, 1.82) is 0 Å². The zero-order valence-electron chi connectivity index (χ0n) is 6.60. The first-order valence-corrected chi connectivity index (χ1v) is 3.06. The summed E-state index contributed by atoms with van der Waals surface area (Å²) < 4.78 is 4.40. The third-order valence-corrected chi connectivity index (χ3v) is 0.981. The molecule has 0 fully saturated rings. The van der Waals surface area contributed by atoms with Gasteiger partial charge in [0, 0.05) is 5.88 Å². The zero-order valence-corrected chi connectivity index (χ0v) is 8.36. The van der Waals surface area contributed by atoms with Crippen LogP contribution in [0.4, 0.5) is 0 Å². The molecule has 0 aliphatic heterocycles. The van der Waals surface area contributed by atoms with Gasteiger partial charge in [0.2, 0.25) is 0 Å². The van der Waals surface area contributed by atoms with E-state index in [1.807, 2.05) is 0 Å². The van der Waals surface area contributed by atoms with Crippen molar-refractivity contribution in [3.63, 3.8) is 0 Å². The second-order valence-corrected chi connectivity index (χ2v) is 1.74. The maximum atomic E-state index is 9.51. The first-order chi connectivity index (χ1) is 3.91. The summed E-state index contributed by atoms with van der Waals surface area (Å²) in [6, 6.07) is 0. The van der Waals surface area contributed by atoms with Gasteiger partial charge in [0.05, 0.1) is 6.61 Å². The van der Waals surface area contributed by atoms with Crippen LogP contribution in [0.15, 0.2) is 0 Å². The Morgan fingerprint density at radius 3 is 2.67 bits per heavy atom. The van der Waals surface area contributed by atoms with Gasteiger partial charge < -0.3 is 6.16 Å². The Morgan fingerprint density at radius 2 is 2.22 bits per heavy atom. The molecule has 0 unspecified atom stereocenters. The first-order valence-electron chi connectivity index (χ1n) is 2.53. The molecular formula is C5H10ClNaO2. The van der Waals surface area contributed by atoms with Crippen LogP contribution >= 0.6 is 11.6 Å². The van der Waals surface area contributed by atoms with E-state index in [1.165, 1.54) is 0 Å². The molecule has 4 heteroatoms. The van der Waals surface area contributed by atoms with Crippen LogP contribution in [0, 0.1) is 0 Å². The Hall–Kier alpha value is 0.760. The Balaban J connectivity index is -0.000000245. The topological polar surface area (TPSA) is 26.3 Å². The summed E-state index contributed by atoms with van der Waals surface area (Å²) in [6.07, 6.45) is 1.78. The summed E-state index contributed by atoms with van der Waals surface area (Å²) in [5, 5.41) is 0. The molecule has 0 radical (unpaired) electrons. The molecule has 0 aromatic rings. The van der Waals surface area contributed by atoms with Crippen molar-refractivity contribution in [2.75, 3.05) is 12.5 Å².